The summed E-state index contributed by atoms with van der Waals surface area (Å²) in [5, 5.41) is 6.20. The lowest BCUT2D eigenvalue weighted by Crippen LogP contribution is -2.35. The minimum atomic E-state index is -0.689. The lowest BCUT2D eigenvalue weighted by Gasteiger charge is -2.17. The van der Waals surface area contributed by atoms with E-state index in [4.69, 9.17) is 14.2 Å². The molecule has 0 spiro atoms. The van der Waals surface area contributed by atoms with Gasteiger partial charge in [0.1, 0.15) is 17.2 Å². The van der Waals surface area contributed by atoms with Gasteiger partial charge < -0.3 is 14.2 Å². The molecule has 0 aliphatic carbocycles. The van der Waals surface area contributed by atoms with Crippen LogP contribution in [0.4, 0.5) is 0 Å². The zero-order valence-electron chi connectivity index (χ0n) is 17.7. The third-order valence-corrected chi connectivity index (χ3v) is 5.47. The maximum absolute atomic E-state index is 12.7. The number of hydrogen-bond acceptors (Lipinski definition) is 5. The van der Waals surface area contributed by atoms with Crippen molar-refractivity contribution in [2.75, 3.05) is 13.7 Å². The van der Waals surface area contributed by atoms with Crippen LogP contribution in [-0.4, -0.2) is 31.9 Å². The molecule has 0 heterocycles. The van der Waals surface area contributed by atoms with E-state index in [9.17, 15) is 4.79 Å². The first-order valence-corrected chi connectivity index (χ1v) is 10.8. The molecule has 0 bridgehead atoms. The van der Waals surface area contributed by atoms with E-state index in [1.165, 1.54) is 6.21 Å². The molecule has 3 aromatic rings. The highest BCUT2D eigenvalue weighted by Crippen LogP contribution is 2.33. The Bertz CT molecular complexity index is 1080. The second-order valence-electron chi connectivity index (χ2n) is 6.68. The molecule has 0 aromatic heterocycles. The summed E-state index contributed by atoms with van der Waals surface area (Å²) in [6.07, 6.45) is 1.33. The quantitative estimate of drug-likeness (QED) is 0.329. The molecule has 0 unspecified atom stereocenters. The maximum Gasteiger partial charge on any atom is 0.281 e. The molecule has 6 nitrogen and oxygen atoms in total. The molecule has 0 fully saturated rings. The molecule has 1 atom stereocenters. The van der Waals surface area contributed by atoms with Gasteiger partial charge in [-0.25, -0.2) is 5.43 Å². The predicted molar refractivity (Wildman–Crippen MR) is 126 cm³/mol. The monoisotopic (exact) mass is 484 g/mol. The molecule has 7 heteroatoms. The van der Waals surface area contributed by atoms with Crippen LogP contribution in [0.15, 0.2) is 64.2 Å². The SMILES string of the molecule is CCOc1ccc(OC)cc1/C=N\NC(=O)[C@@H](CC)Oc1ccc2ccccc2c1Br. The van der Waals surface area contributed by atoms with Crippen molar-refractivity contribution >= 4 is 38.8 Å². The standard InChI is InChI=1S/C24H25BrN2O4/c1-4-20(31-22-12-10-16-8-6-7-9-19(16)23(22)25)24(28)27-26-15-17-14-18(29-3)11-13-21(17)30-5-2/h6-15,20H,4-5H2,1-3H3,(H,27,28)/b26-15-/t20-/m1/s1. The van der Waals surface area contributed by atoms with Crippen LogP contribution in [-0.2, 0) is 4.79 Å². The first-order chi connectivity index (χ1) is 15.1. The van der Waals surface area contributed by atoms with Crippen molar-refractivity contribution in [1.82, 2.24) is 5.43 Å². The number of fused-ring (bicyclic) bond motifs is 1. The predicted octanol–water partition coefficient (Wildman–Crippen LogP) is 5.32. The van der Waals surface area contributed by atoms with Crippen LogP contribution in [0.2, 0.25) is 0 Å². The summed E-state index contributed by atoms with van der Waals surface area (Å²) in [6.45, 7) is 4.31. The van der Waals surface area contributed by atoms with Crippen LogP contribution >= 0.6 is 15.9 Å². The van der Waals surface area contributed by atoms with Crippen LogP contribution in [0.5, 0.6) is 17.2 Å². The Hall–Kier alpha value is -3.06. The molecule has 1 N–H and O–H groups in total. The van der Waals surface area contributed by atoms with Gasteiger partial charge in [-0.15, -0.1) is 0 Å². The molecule has 162 valence electrons. The molecule has 0 radical (unpaired) electrons. The molecule has 3 aromatic carbocycles. The summed E-state index contributed by atoms with van der Waals surface area (Å²) >= 11 is 3.60. The Labute approximate surface area is 190 Å². The number of benzene rings is 3. The number of ether oxygens (including phenoxy) is 3. The van der Waals surface area contributed by atoms with E-state index in [0.29, 0.717) is 35.8 Å². The van der Waals surface area contributed by atoms with Gasteiger partial charge in [0.25, 0.3) is 5.91 Å². The van der Waals surface area contributed by atoms with E-state index in [1.54, 1.807) is 19.2 Å². The lowest BCUT2D eigenvalue weighted by atomic mass is 10.1. The fourth-order valence-electron chi connectivity index (χ4n) is 3.06. The highest BCUT2D eigenvalue weighted by atomic mass is 79.9. The highest BCUT2D eigenvalue weighted by molar-refractivity contribution is 9.10. The van der Waals surface area contributed by atoms with Crippen molar-refractivity contribution < 1.29 is 19.0 Å². The Morgan fingerprint density at radius 2 is 1.90 bits per heavy atom. The van der Waals surface area contributed by atoms with E-state index in [0.717, 1.165) is 15.2 Å². The summed E-state index contributed by atoms with van der Waals surface area (Å²) in [5.74, 6) is 1.60. The van der Waals surface area contributed by atoms with Gasteiger partial charge in [0.15, 0.2) is 6.10 Å². The number of halogens is 1. The fraction of sp³-hybridized carbons (Fsp3) is 0.250. The molecule has 31 heavy (non-hydrogen) atoms. The van der Waals surface area contributed by atoms with Gasteiger partial charge in [0.05, 0.1) is 24.4 Å². The van der Waals surface area contributed by atoms with E-state index >= 15 is 0 Å². The second kappa shape index (κ2) is 10.8. The number of carbonyl (C=O) groups is 1. The van der Waals surface area contributed by atoms with Gasteiger partial charge in [0, 0.05) is 5.56 Å². The Morgan fingerprint density at radius 1 is 1.13 bits per heavy atom. The number of nitrogens with one attached hydrogen (secondary N) is 1. The fourth-order valence-corrected chi connectivity index (χ4v) is 3.65. The van der Waals surface area contributed by atoms with Crippen LogP contribution in [0.1, 0.15) is 25.8 Å². The van der Waals surface area contributed by atoms with Crippen molar-refractivity contribution in [1.29, 1.82) is 0 Å². The topological polar surface area (TPSA) is 69.2 Å². The Morgan fingerprint density at radius 3 is 2.65 bits per heavy atom. The van der Waals surface area contributed by atoms with Gasteiger partial charge in [-0.3, -0.25) is 4.79 Å². The molecule has 3 rings (SSSR count). The van der Waals surface area contributed by atoms with Crippen molar-refractivity contribution in [3.8, 4) is 17.2 Å². The first kappa shape index (κ1) is 22.6. The van der Waals surface area contributed by atoms with Crippen molar-refractivity contribution in [2.24, 2.45) is 5.10 Å². The zero-order valence-corrected chi connectivity index (χ0v) is 19.3. The summed E-state index contributed by atoms with van der Waals surface area (Å²) in [6, 6.07) is 17.2. The van der Waals surface area contributed by atoms with E-state index in [1.807, 2.05) is 56.3 Å². The largest absolute Gasteiger partial charge is 0.497 e. The summed E-state index contributed by atoms with van der Waals surface area (Å²) < 4.78 is 17.7. The van der Waals surface area contributed by atoms with Gasteiger partial charge in [0.2, 0.25) is 0 Å². The number of methoxy groups -OCH3 is 1. The Balaban J connectivity index is 1.71. The molecule has 0 saturated heterocycles. The maximum atomic E-state index is 12.7. The molecule has 0 saturated carbocycles. The van der Waals surface area contributed by atoms with Crippen LogP contribution in [0.3, 0.4) is 0 Å². The highest BCUT2D eigenvalue weighted by Gasteiger charge is 2.20. The first-order valence-electron chi connectivity index (χ1n) is 10.0. The second-order valence-corrected chi connectivity index (χ2v) is 7.48. The molecule has 0 aliphatic rings. The molecule has 1 amide bonds. The number of amides is 1. The van der Waals surface area contributed by atoms with E-state index in [-0.39, 0.29) is 5.91 Å². The van der Waals surface area contributed by atoms with Crippen LogP contribution < -0.4 is 19.6 Å². The number of nitrogens with zero attached hydrogens (tertiary/aromatic N) is 1. The number of hydrazone groups is 1. The average Bonchev–Trinajstić information content (AvgIpc) is 2.80. The number of hydrogen-bond donors (Lipinski definition) is 1. The minimum Gasteiger partial charge on any atom is -0.497 e. The zero-order chi connectivity index (χ0) is 22.2. The van der Waals surface area contributed by atoms with E-state index < -0.39 is 6.10 Å². The third-order valence-electron chi connectivity index (χ3n) is 4.66. The normalized spacial score (nSPS) is 12.0. The van der Waals surface area contributed by atoms with Crippen molar-refractivity contribution in [3.63, 3.8) is 0 Å². The number of carbonyl (C=O) groups excluding carboxylic acids is 1. The van der Waals surface area contributed by atoms with E-state index in [2.05, 4.69) is 26.5 Å². The van der Waals surface area contributed by atoms with Gasteiger partial charge >= 0.3 is 0 Å². The van der Waals surface area contributed by atoms with Gasteiger partial charge in [-0.1, -0.05) is 37.3 Å². The molecular weight excluding hydrogens is 460 g/mol. The van der Waals surface area contributed by atoms with Gasteiger partial charge in [-0.05, 0) is 64.3 Å². The summed E-state index contributed by atoms with van der Waals surface area (Å²) in [7, 11) is 1.59. The molecular formula is C24H25BrN2O4. The summed E-state index contributed by atoms with van der Waals surface area (Å²) in [5.41, 5.74) is 3.26. The smallest absolute Gasteiger partial charge is 0.281 e. The Kier molecular flexibility index (Phi) is 7.89. The van der Waals surface area contributed by atoms with Gasteiger partial charge in [-0.2, -0.15) is 5.10 Å². The minimum absolute atomic E-state index is 0.334. The average molecular weight is 485 g/mol. The number of rotatable bonds is 9. The lowest BCUT2D eigenvalue weighted by molar-refractivity contribution is -0.128. The van der Waals surface area contributed by atoms with Crippen molar-refractivity contribution in [2.45, 2.75) is 26.4 Å². The third kappa shape index (κ3) is 5.55. The molecule has 0 aliphatic heterocycles. The van der Waals surface area contributed by atoms with Crippen molar-refractivity contribution in [3.05, 3.63) is 64.6 Å². The summed E-state index contributed by atoms with van der Waals surface area (Å²) in [4.78, 5) is 12.7. The van der Waals surface area contributed by atoms with Crippen LogP contribution in [0, 0.1) is 0 Å². The van der Waals surface area contributed by atoms with Crippen LogP contribution in [0.25, 0.3) is 10.8 Å².